The van der Waals surface area contributed by atoms with Gasteiger partial charge in [0.2, 0.25) is 10.0 Å². The number of hydrogen-bond acceptors (Lipinski definition) is 5. The first-order chi connectivity index (χ1) is 12.7. The average Bonchev–Trinajstić information content (AvgIpc) is 3.45. The SMILES string of the molecule is CCS(=O)(=O)c1ccc(C(=O)Nc2cccc(S(=O)(=O)NC3CC3)c2)cc1. The van der Waals surface area contributed by atoms with Gasteiger partial charge in [-0.25, -0.2) is 21.6 Å². The van der Waals surface area contributed by atoms with Crippen LogP contribution in [0.25, 0.3) is 0 Å². The van der Waals surface area contributed by atoms with Crippen molar-refractivity contribution in [2.75, 3.05) is 11.1 Å². The van der Waals surface area contributed by atoms with Gasteiger partial charge in [0.25, 0.3) is 5.91 Å². The van der Waals surface area contributed by atoms with Crippen molar-refractivity contribution in [1.82, 2.24) is 4.72 Å². The van der Waals surface area contributed by atoms with Crippen LogP contribution in [0, 0.1) is 0 Å². The lowest BCUT2D eigenvalue weighted by atomic mass is 10.2. The first-order valence-electron chi connectivity index (χ1n) is 8.48. The van der Waals surface area contributed by atoms with E-state index in [9.17, 15) is 21.6 Å². The summed E-state index contributed by atoms with van der Waals surface area (Å²) in [5, 5.41) is 2.63. The second kappa shape index (κ2) is 7.41. The highest BCUT2D eigenvalue weighted by atomic mass is 32.2. The predicted octanol–water partition coefficient (Wildman–Crippen LogP) is 2.17. The van der Waals surface area contributed by atoms with Gasteiger partial charge < -0.3 is 5.32 Å². The van der Waals surface area contributed by atoms with E-state index in [1.165, 1.54) is 36.4 Å². The molecule has 7 nitrogen and oxygen atoms in total. The van der Waals surface area contributed by atoms with Crippen molar-refractivity contribution in [2.45, 2.75) is 35.6 Å². The number of carbonyl (C=O) groups is 1. The van der Waals surface area contributed by atoms with Crippen LogP contribution in [0.2, 0.25) is 0 Å². The van der Waals surface area contributed by atoms with Crippen LogP contribution in [-0.2, 0) is 19.9 Å². The normalized spacial score (nSPS) is 14.7. The molecule has 2 N–H and O–H groups in total. The molecule has 0 bridgehead atoms. The van der Waals surface area contributed by atoms with Gasteiger partial charge in [-0.15, -0.1) is 0 Å². The Kier molecular flexibility index (Phi) is 5.36. The van der Waals surface area contributed by atoms with E-state index in [0.29, 0.717) is 5.69 Å². The zero-order valence-corrected chi connectivity index (χ0v) is 16.3. The van der Waals surface area contributed by atoms with Crippen LogP contribution in [0.4, 0.5) is 5.69 Å². The number of amides is 1. The highest BCUT2D eigenvalue weighted by Gasteiger charge is 2.28. The number of anilines is 1. The number of nitrogens with one attached hydrogen (secondary N) is 2. The summed E-state index contributed by atoms with van der Waals surface area (Å²) in [6.07, 6.45) is 1.67. The summed E-state index contributed by atoms with van der Waals surface area (Å²) in [7, 11) is -6.94. The summed E-state index contributed by atoms with van der Waals surface area (Å²) in [5.41, 5.74) is 0.610. The Balaban J connectivity index is 1.75. The quantitative estimate of drug-likeness (QED) is 0.730. The van der Waals surface area contributed by atoms with Gasteiger partial charge in [0, 0.05) is 17.3 Å². The third kappa shape index (κ3) is 4.74. The molecule has 1 amide bonds. The highest BCUT2D eigenvalue weighted by molar-refractivity contribution is 7.91. The predicted molar refractivity (Wildman–Crippen MR) is 102 cm³/mol. The molecule has 0 aliphatic heterocycles. The van der Waals surface area contributed by atoms with Crippen LogP contribution in [-0.4, -0.2) is 34.5 Å². The minimum atomic E-state index is -3.61. The van der Waals surface area contributed by atoms with Crippen molar-refractivity contribution < 1.29 is 21.6 Å². The van der Waals surface area contributed by atoms with Crippen LogP contribution in [0.1, 0.15) is 30.1 Å². The fourth-order valence-electron chi connectivity index (χ4n) is 2.41. The summed E-state index contributed by atoms with van der Waals surface area (Å²) in [6, 6.07) is 11.6. The third-order valence-corrected chi connectivity index (χ3v) is 7.43. The Labute approximate surface area is 158 Å². The fourth-order valence-corrected chi connectivity index (χ4v) is 4.65. The van der Waals surface area contributed by atoms with Crippen LogP contribution in [0.5, 0.6) is 0 Å². The molecule has 0 heterocycles. The summed E-state index contributed by atoms with van der Waals surface area (Å²) in [4.78, 5) is 12.6. The molecule has 9 heteroatoms. The zero-order valence-electron chi connectivity index (χ0n) is 14.7. The van der Waals surface area contributed by atoms with Crippen LogP contribution >= 0.6 is 0 Å². The number of carbonyl (C=O) groups excluding carboxylic acids is 1. The van der Waals surface area contributed by atoms with Gasteiger partial charge in [-0.1, -0.05) is 13.0 Å². The molecule has 1 fully saturated rings. The maximum atomic E-state index is 12.4. The van der Waals surface area contributed by atoms with Crippen molar-refractivity contribution in [2.24, 2.45) is 0 Å². The lowest BCUT2D eigenvalue weighted by Crippen LogP contribution is -2.25. The minimum absolute atomic E-state index is 0.00818. The minimum Gasteiger partial charge on any atom is -0.322 e. The standard InChI is InChI=1S/C18H20N2O5S2/c1-2-26(22,23)16-10-6-13(7-11-16)18(21)19-15-4-3-5-17(12-15)27(24,25)20-14-8-9-14/h3-7,10-12,14,20H,2,8-9H2,1H3,(H,19,21). The molecule has 0 atom stereocenters. The number of hydrogen-bond donors (Lipinski definition) is 2. The highest BCUT2D eigenvalue weighted by Crippen LogP contribution is 2.23. The Hall–Kier alpha value is -2.23. The molecule has 0 radical (unpaired) electrons. The van der Waals surface area contributed by atoms with E-state index in [4.69, 9.17) is 0 Å². The Morgan fingerprint density at radius 1 is 1.00 bits per heavy atom. The van der Waals surface area contributed by atoms with Gasteiger partial charge in [0.05, 0.1) is 15.5 Å². The summed E-state index contributed by atoms with van der Waals surface area (Å²) in [5.74, 6) is -0.477. The van der Waals surface area contributed by atoms with Gasteiger partial charge in [-0.2, -0.15) is 0 Å². The lowest BCUT2D eigenvalue weighted by Gasteiger charge is -2.09. The van der Waals surface area contributed by atoms with Crippen molar-refractivity contribution in [3.05, 3.63) is 54.1 Å². The smallest absolute Gasteiger partial charge is 0.255 e. The van der Waals surface area contributed by atoms with Gasteiger partial charge >= 0.3 is 0 Å². The van der Waals surface area contributed by atoms with Crippen molar-refractivity contribution in [3.63, 3.8) is 0 Å². The molecule has 2 aromatic carbocycles. The van der Waals surface area contributed by atoms with Gasteiger partial charge in [-0.05, 0) is 55.3 Å². The Morgan fingerprint density at radius 3 is 2.26 bits per heavy atom. The van der Waals surface area contributed by atoms with Crippen LogP contribution in [0.15, 0.2) is 58.3 Å². The molecule has 1 saturated carbocycles. The molecule has 1 aliphatic rings. The Bertz CT molecular complexity index is 1060. The van der Waals surface area contributed by atoms with E-state index in [1.807, 2.05) is 0 Å². The van der Waals surface area contributed by atoms with Crippen molar-refractivity contribution in [1.29, 1.82) is 0 Å². The molecule has 0 aromatic heterocycles. The van der Waals surface area contributed by atoms with Crippen molar-refractivity contribution >= 4 is 31.5 Å². The lowest BCUT2D eigenvalue weighted by molar-refractivity contribution is 0.102. The van der Waals surface area contributed by atoms with E-state index >= 15 is 0 Å². The molecule has 0 saturated heterocycles. The molecule has 3 rings (SSSR count). The van der Waals surface area contributed by atoms with Gasteiger partial charge in [0.1, 0.15) is 0 Å². The molecule has 27 heavy (non-hydrogen) atoms. The number of sulfonamides is 1. The number of sulfone groups is 1. The number of benzene rings is 2. The maximum Gasteiger partial charge on any atom is 0.255 e. The van der Waals surface area contributed by atoms with E-state index in [-0.39, 0.29) is 27.1 Å². The fraction of sp³-hybridized carbons (Fsp3) is 0.278. The van der Waals surface area contributed by atoms with E-state index < -0.39 is 25.8 Å². The summed E-state index contributed by atoms with van der Waals surface area (Å²) in [6.45, 7) is 1.55. The third-order valence-electron chi connectivity index (χ3n) is 4.16. The van der Waals surface area contributed by atoms with Gasteiger partial charge in [0.15, 0.2) is 9.84 Å². The molecule has 0 spiro atoms. The van der Waals surface area contributed by atoms with E-state index in [2.05, 4.69) is 10.0 Å². The largest absolute Gasteiger partial charge is 0.322 e. The zero-order chi connectivity index (χ0) is 19.7. The Morgan fingerprint density at radius 2 is 1.67 bits per heavy atom. The molecule has 0 unspecified atom stereocenters. The first-order valence-corrected chi connectivity index (χ1v) is 11.6. The topological polar surface area (TPSA) is 109 Å². The monoisotopic (exact) mass is 408 g/mol. The molecular formula is C18H20N2O5S2. The van der Waals surface area contributed by atoms with Crippen LogP contribution in [0.3, 0.4) is 0 Å². The summed E-state index contributed by atoms with van der Waals surface area (Å²) < 4.78 is 50.8. The van der Waals surface area contributed by atoms with E-state index in [0.717, 1.165) is 12.8 Å². The molecule has 144 valence electrons. The molecule has 1 aliphatic carbocycles. The average molecular weight is 409 g/mol. The van der Waals surface area contributed by atoms with E-state index in [1.54, 1.807) is 19.1 Å². The van der Waals surface area contributed by atoms with Gasteiger partial charge in [-0.3, -0.25) is 4.79 Å². The summed E-state index contributed by atoms with van der Waals surface area (Å²) >= 11 is 0. The first kappa shape index (κ1) is 19.5. The maximum absolute atomic E-state index is 12.4. The second-order valence-corrected chi connectivity index (χ2v) is 10.3. The molecular weight excluding hydrogens is 388 g/mol. The molecule has 2 aromatic rings. The number of rotatable bonds is 7. The van der Waals surface area contributed by atoms with Crippen molar-refractivity contribution in [3.8, 4) is 0 Å². The van der Waals surface area contributed by atoms with Crippen LogP contribution < -0.4 is 10.0 Å². The second-order valence-electron chi connectivity index (χ2n) is 6.31.